The number of hydrogen-bond acceptors (Lipinski definition) is 1. The second-order valence-electron chi connectivity index (χ2n) is 9.14. The summed E-state index contributed by atoms with van der Waals surface area (Å²) < 4.78 is 27.1. The second kappa shape index (κ2) is 6.21. The molecule has 142 valence electrons. The maximum atomic E-state index is 13.6. The molecule has 0 saturated heterocycles. The summed E-state index contributed by atoms with van der Waals surface area (Å²) in [7, 11) is 0. The van der Waals surface area contributed by atoms with E-state index in [1.165, 1.54) is 11.1 Å². The highest BCUT2D eigenvalue weighted by molar-refractivity contribution is 5.75. The van der Waals surface area contributed by atoms with Gasteiger partial charge in [0.15, 0.2) is 0 Å². The summed E-state index contributed by atoms with van der Waals surface area (Å²) in [5.74, 6) is -3.48. The number of carbonyl (C=O) groups is 1. The van der Waals surface area contributed by atoms with Gasteiger partial charge in [-0.2, -0.15) is 0 Å². The number of carbonyl (C=O) groups excluding carboxylic acids is 1. The van der Waals surface area contributed by atoms with Gasteiger partial charge in [0, 0.05) is 17.9 Å². The fraction of sp³-hybridized carbons (Fsp3) is 0.667. The van der Waals surface area contributed by atoms with Gasteiger partial charge in [-0.1, -0.05) is 38.1 Å². The maximum Gasteiger partial charge on any atom is 0.315 e. The molecule has 5 heteroatoms. The van der Waals surface area contributed by atoms with Gasteiger partial charge in [0.25, 0.3) is 5.92 Å². The van der Waals surface area contributed by atoms with Crippen LogP contribution in [0.2, 0.25) is 0 Å². The van der Waals surface area contributed by atoms with Crippen LogP contribution in [0.1, 0.15) is 63.1 Å². The Balaban J connectivity index is 1.41. The first-order chi connectivity index (χ1) is 12.3. The summed E-state index contributed by atoms with van der Waals surface area (Å²) in [5, 5.41) is 6.09. The predicted molar refractivity (Wildman–Crippen MR) is 97.1 cm³/mol. The Morgan fingerprint density at radius 3 is 2.65 bits per heavy atom. The molecule has 0 aliphatic heterocycles. The van der Waals surface area contributed by atoms with Gasteiger partial charge in [-0.25, -0.2) is 13.6 Å². The van der Waals surface area contributed by atoms with E-state index in [9.17, 15) is 13.6 Å². The zero-order valence-electron chi connectivity index (χ0n) is 15.5. The SMILES string of the molecule is CC1(C)CCc2ccccc2C(NC(=O)NC2CCC3C(C2)C3(F)F)C1. The van der Waals surface area contributed by atoms with Crippen LogP contribution in [0.15, 0.2) is 24.3 Å². The predicted octanol–water partition coefficient (Wildman–Crippen LogP) is 4.82. The van der Waals surface area contributed by atoms with E-state index in [0.29, 0.717) is 19.3 Å². The molecular formula is C21H28F2N2O. The number of hydrogen-bond donors (Lipinski definition) is 2. The van der Waals surface area contributed by atoms with E-state index in [4.69, 9.17) is 0 Å². The zero-order chi connectivity index (χ0) is 18.5. The zero-order valence-corrected chi connectivity index (χ0v) is 15.5. The molecule has 1 aromatic rings. The van der Waals surface area contributed by atoms with Crippen LogP contribution in [0, 0.1) is 17.3 Å². The minimum Gasteiger partial charge on any atom is -0.335 e. The van der Waals surface area contributed by atoms with Crippen LogP contribution < -0.4 is 10.6 Å². The Bertz CT molecular complexity index is 703. The van der Waals surface area contributed by atoms with Crippen molar-refractivity contribution < 1.29 is 13.6 Å². The molecule has 2 N–H and O–H groups in total. The van der Waals surface area contributed by atoms with E-state index in [0.717, 1.165) is 19.3 Å². The lowest BCUT2D eigenvalue weighted by molar-refractivity contribution is 0.0846. The molecule has 4 atom stereocenters. The standard InChI is InChI=1S/C21H28F2N2O/c1-20(2)10-9-13-5-3-4-6-15(13)18(12-20)25-19(26)24-14-7-8-16-17(11-14)21(16,22)23/h3-6,14,16-18H,7-12H2,1-2H3,(H2,24,25,26). The van der Waals surface area contributed by atoms with Crippen LogP contribution in [0.4, 0.5) is 13.6 Å². The van der Waals surface area contributed by atoms with E-state index in [1.807, 2.05) is 12.1 Å². The number of aryl methyl sites for hydroxylation is 1. The van der Waals surface area contributed by atoms with Gasteiger partial charge in [-0.15, -0.1) is 0 Å². The fourth-order valence-electron chi connectivity index (χ4n) is 4.97. The summed E-state index contributed by atoms with van der Waals surface area (Å²) >= 11 is 0. The molecule has 2 fully saturated rings. The van der Waals surface area contributed by atoms with Gasteiger partial charge < -0.3 is 10.6 Å². The molecule has 4 rings (SSSR count). The van der Waals surface area contributed by atoms with Crippen molar-refractivity contribution in [3.63, 3.8) is 0 Å². The largest absolute Gasteiger partial charge is 0.335 e. The minimum absolute atomic E-state index is 0.0394. The Morgan fingerprint density at radius 2 is 1.88 bits per heavy atom. The third kappa shape index (κ3) is 3.33. The Labute approximate surface area is 153 Å². The third-order valence-electron chi connectivity index (χ3n) is 6.63. The van der Waals surface area contributed by atoms with Crippen molar-refractivity contribution in [1.29, 1.82) is 0 Å². The molecule has 2 saturated carbocycles. The van der Waals surface area contributed by atoms with E-state index < -0.39 is 17.8 Å². The molecule has 0 aromatic heterocycles. The molecular weight excluding hydrogens is 334 g/mol. The van der Waals surface area contributed by atoms with Crippen molar-refractivity contribution in [2.75, 3.05) is 0 Å². The molecule has 0 radical (unpaired) electrons. The topological polar surface area (TPSA) is 41.1 Å². The number of nitrogens with one attached hydrogen (secondary N) is 2. The highest BCUT2D eigenvalue weighted by atomic mass is 19.3. The molecule has 4 unspecified atom stereocenters. The lowest BCUT2D eigenvalue weighted by atomic mass is 9.83. The van der Waals surface area contributed by atoms with E-state index in [-0.39, 0.29) is 23.5 Å². The normalized spacial score (nSPS) is 34.0. The van der Waals surface area contributed by atoms with E-state index in [2.05, 4.69) is 36.6 Å². The Hall–Kier alpha value is -1.65. The molecule has 0 spiro atoms. The number of amides is 2. The first-order valence-electron chi connectivity index (χ1n) is 9.79. The molecule has 2 amide bonds. The number of benzene rings is 1. The molecule has 26 heavy (non-hydrogen) atoms. The molecule has 3 nitrogen and oxygen atoms in total. The van der Waals surface area contributed by atoms with Crippen molar-refractivity contribution in [2.24, 2.45) is 17.3 Å². The van der Waals surface area contributed by atoms with Crippen LogP contribution in [-0.4, -0.2) is 18.0 Å². The van der Waals surface area contributed by atoms with E-state index in [1.54, 1.807) is 0 Å². The lowest BCUT2D eigenvalue weighted by Crippen LogP contribution is -2.45. The van der Waals surface area contributed by atoms with Crippen LogP contribution >= 0.6 is 0 Å². The quantitative estimate of drug-likeness (QED) is 0.728. The van der Waals surface area contributed by atoms with Crippen molar-refractivity contribution in [3.8, 4) is 0 Å². The molecule has 3 aliphatic carbocycles. The maximum absolute atomic E-state index is 13.6. The number of alkyl halides is 2. The summed E-state index contributed by atoms with van der Waals surface area (Å²) in [6.45, 7) is 4.48. The molecule has 3 aliphatic rings. The van der Waals surface area contributed by atoms with Gasteiger partial charge >= 0.3 is 6.03 Å². The van der Waals surface area contributed by atoms with Gasteiger partial charge in [-0.05, 0) is 55.1 Å². The highest BCUT2D eigenvalue weighted by Gasteiger charge is 2.68. The Kier molecular flexibility index (Phi) is 4.24. The Morgan fingerprint density at radius 1 is 1.12 bits per heavy atom. The van der Waals surface area contributed by atoms with Crippen LogP contribution in [0.25, 0.3) is 0 Å². The van der Waals surface area contributed by atoms with Crippen LogP contribution in [0.5, 0.6) is 0 Å². The number of rotatable bonds is 2. The summed E-state index contributed by atoms with van der Waals surface area (Å²) in [6, 6.07) is 7.89. The average molecular weight is 362 g/mol. The van der Waals surface area contributed by atoms with Gasteiger partial charge in [0.05, 0.1) is 6.04 Å². The summed E-state index contributed by atoms with van der Waals surface area (Å²) in [6.07, 6.45) is 4.55. The summed E-state index contributed by atoms with van der Waals surface area (Å²) in [5.41, 5.74) is 2.62. The van der Waals surface area contributed by atoms with Gasteiger partial charge in [0.2, 0.25) is 0 Å². The smallest absolute Gasteiger partial charge is 0.315 e. The van der Waals surface area contributed by atoms with Gasteiger partial charge in [-0.3, -0.25) is 0 Å². The molecule has 0 bridgehead atoms. The minimum atomic E-state index is -2.50. The summed E-state index contributed by atoms with van der Waals surface area (Å²) in [4.78, 5) is 12.6. The van der Waals surface area contributed by atoms with Crippen molar-refractivity contribution >= 4 is 6.03 Å². The lowest BCUT2D eigenvalue weighted by Gasteiger charge is -2.29. The van der Waals surface area contributed by atoms with E-state index >= 15 is 0 Å². The number of urea groups is 1. The molecule has 1 aromatic carbocycles. The first kappa shape index (κ1) is 17.7. The fourth-order valence-corrected chi connectivity index (χ4v) is 4.97. The van der Waals surface area contributed by atoms with Crippen LogP contribution in [-0.2, 0) is 6.42 Å². The average Bonchev–Trinajstić information content (AvgIpc) is 3.16. The second-order valence-corrected chi connectivity index (χ2v) is 9.14. The number of halogens is 2. The first-order valence-corrected chi connectivity index (χ1v) is 9.79. The molecule has 0 heterocycles. The number of fused-ring (bicyclic) bond motifs is 2. The van der Waals surface area contributed by atoms with Crippen molar-refractivity contribution in [2.45, 2.75) is 70.4 Å². The third-order valence-corrected chi connectivity index (χ3v) is 6.63. The van der Waals surface area contributed by atoms with Gasteiger partial charge in [0.1, 0.15) is 0 Å². The highest BCUT2D eigenvalue weighted by Crippen LogP contribution is 2.62. The van der Waals surface area contributed by atoms with Crippen molar-refractivity contribution in [1.82, 2.24) is 10.6 Å². The monoisotopic (exact) mass is 362 g/mol. The van der Waals surface area contributed by atoms with Crippen LogP contribution in [0.3, 0.4) is 0 Å². The van der Waals surface area contributed by atoms with Crippen molar-refractivity contribution in [3.05, 3.63) is 35.4 Å².